The first kappa shape index (κ1) is 18.5. The van der Waals surface area contributed by atoms with Gasteiger partial charge in [-0.25, -0.2) is 0 Å². The van der Waals surface area contributed by atoms with E-state index in [1.54, 1.807) is 14.2 Å². The number of hydrogen-bond donors (Lipinski definition) is 0. The number of methoxy groups -OCH3 is 2. The third kappa shape index (κ3) is 2.75. The lowest BCUT2D eigenvalue weighted by molar-refractivity contribution is 0.0899. The number of rotatable bonds is 4. The van der Waals surface area contributed by atoms with Crippen LogP contribution in [0.2, 0.25) is 0 Å². The monoisotopic (exact) mass is 383 g/mol. The molecule has 2 atom stereocenters. The van der Waals surface area contributed by atoms with Crippen LogP contribution in [0.5, 0.6) is 23.0 Å². The van der Waals surface area contributed by atoms with Crippen LogP contribution >= 0.6 is 0 Å². The number of ether oxygens (including phenoxy) is 4. The van der Waals surface area contributed by atoms with E-state index >= 15 is 0 Å². The van der Waals surface area contributed by atoms with E-state index in [1.807, 2.05) is 13.0 Å². The Balaban J connectivity index is 1.90. The maximum absolute atomic E-state index is 5.75. The van der Waals surface area contributed by atoms with Crippen LogP contribution in [0.3, 0.4) is 0 Å². The molecule has 2 aliphatic rings. The minimum absolute atomic E-state index is 0.126. The summed E-state index contributed by atoms with van der Waals surface area (Å²) >= 11 is 0. The van der Waals surface area contributed by atoms with Crippen molar-refractivity contribution < 1.29 is 23.8 Å². The van der Waals surface area contributed by atoms with E-state index in [-0.39, 0.29) is 18.8 Å². The van der Waals surface area contributed by atoms with Crippen molar-refractivity contribution in [3.05, 3.63) is 46.0 Å². The van der Waals surface area contributed by atoms with Gasteiger partial charge < -0.3 is 23.8 Å². The lowest BCUT2D eigenvalue weighted by atomic mass is 9.82. The van der Waals surface area contributed by atoms with Crippen LogP contribution in [-0.2, 0) is 4.84 Å². The Morgan fingerprint density at radius 1 is 0.964 bits per heavy atom. The van der Waals surface area contributed by atoms with Gasteiger partial charge in [-0.05, 0) is 44.9 Å². The zero-order valence-electron chi connectivity index (χ0n) is 17.1. The fourth-order valence-electron chi connectivity index (χ4n) is 4.31. The zero-order chi connectivity index (χ0) is 20.0. The van der Waals surface area contributed by atoms with E-state index in [9.17, 15) is 0 Å². The summed E-state index contributed by atoms with van der Waals surface area (Å²) in [6.07, 6.45) is -0.158. The normalized spacial score (nSPS) is 20.0. The summed E-state index contributed by atoms with van der Waals surface area (Å²) in [4.78, 5) is 5.74. The summed E-state index contributed by atoms with van der Waals surface area (Å²) < 4.78 is 22.6. The van der Waals surface area contributed by atoms with Crippen molar-refractivity contribution in [1.82, 2.24) is 0 Å². The van der Waals surface area contributed by atoms with Gasteiger partial charge in [-0.2, -0.15) is 0 Å². The Morgan fingerprint density at radius 2 is 1.64 bits per heavy atom. The standard InChI is InChI=1S/C22H25NO5/c1-11-7-12(2)17(13(3)8-11)19-18(14(4)28-23-19)15-9-16-21(27-10-26-16)22(25-6)20(15)24-5/h7-9,14,18H,10H2,1-6H3/t14-,18-/m1/s1. The zero-order valence-corrected chi connectivity index (χ0v) is 17.1. The lowest BCUT2D eigenvalue weighted by Crippen LogP contribution is -2.22. The molecule has 0 unspecified atom stereocenters. The Labute approximate surface area is 165 Å². The largest absolute Gasteiger partial charge is 0.492 e. The van der Waals surface area contributed by atoms with Crippen molar-refractivity contribution in [3.8, 4) is 23.0 Å². The number of aryl methyl sites for hydroxylation is 3. The highest BCUT2D eigenvalue weighted by Crippen LogP contribution is 2.52. The van der Waals surface area contributed by atoms with E-state index in [0.717, 1.165) is 16.8 Å². The van der Waals surface area contributed by atoms with E-state index < -0.39 is 0 Å². The average Bonchev–Trinajstić information content (AvgIpc) is 3.25. The smallest absolute Gasteiger partial charge is 0.231 e. The molecule has 28 heavy (non-hydrogen) atoms. The topological polar surface area (TPSA) is 58.5 Å². The Morgan fingerprint density at radius 3 is 2.29 bits per heavy atom. The molecule has 2 aromatic carbocycles. The first-order chi connectivity index (χ1) is 13.5. The maximum atomic E-state index is 5.75. The van der Waals surface area contributed by atoms with E-state index in [1.165, 1.54) is 16.7 Å². The third-order valence-electron chi connectivity index (χ3n) is 5.36. The van der Waals surface area contributed by atoms with Gasteiger partial charge in [-0.1, -0.05) is 22.9 Å². The maximum Gasteiger partial charge on any atom is 0.231 e. The summed E-state index contributed by atoms with van der Waals surface area (Å²) in [6, 6.07) is 6.29. The number of fused-ring (bicyclic) bond motifs is 1. The van der Waals surface area contributed by atoms with Gasteiger partial charge in [0.15, 0.2) is 11.5 Å². The molecule has 0 aromatic heterocycles. The second-order valence-corrected chi connectivity index (χ2v) is 7.30. The van der Waals surface area contributed by atoms with Crippen LogP contribution < -0.4 is 18.9 Å². The van der Waals surface area contributed by atoms with E-state index in [0.29, 0.717) is 23.0 Å². The van der Waals surface area contributed by atoms with Crippen molar-refractivity contribution in [2.75, 3.05) is 21.0 Å². The molecule has 0 aliphatic carbocycles. The summed E-state index contributed by atoms with van der Waals surface area (Å²) in [5.74, 6) is 2.23. The molecule has 2 aromatic rings. The summed E-state index contributed by atoms with van der Waals surface area (Å²) in [5.41, 5.74) is 6.48. The molecular formula is C22H25NO5. The van der Waals surface area contributed by atoms with Gasteiger partial charge in [-0.3, -0.25) is 0 Å². The molecule has 2 aliphatic heterocycles. The lowest BCUT2D eigenvalue weighted by Gasteiger charge is -2.22. The molecule has 0 N–H and O–H groups in total. The van der Waals surface area contributed by atoms with Gasteiger partial charge in [0.1, 0.15) is 6.10 Å². The minimum Gasteiger partial charge on any atom is -0.492 e. The van der Waals surface area contributed by atoms with Crippen molar-refractivity contribution in [2.24, 2.45) is 5.16 Å². The molecule has 0 amide bonds. The number of benzene rings is 2. The molecule has 6 nitrogen and oxygen atoms in total. The number of hydrogen-bond acceptors (Lipinski definition) is 6. The summed E-state index contributed by atoms with van der Waals surface area (Å²) in [5, 5.41) is 4.47. The van der Waals surface area contributed by atoms with Crippen LogP contribution in [0.25, 0.3) is 0 Å². The van der Waals surface area contributed by atoms with Crippen LogP contribution in [0.4, 0.5) is 0 Å². The van der Waals surface area contributed by atoms with Crippen molar-refractivity contribution in [1.29, 1.82) is 0 Å². The highest BCUT2D eigenvalue weighted by molar-refractivity contribution is 6.08. The van der Waals surface area contributed by atoms with Gasteiger partial charge in [0, 0.05) is 11.1 Å². The van der Waals surface area contributed by atoms with Gasteiger partial charge >= 0.3 is 0 Å². The van der Waals surface area contributed by atoms with Crippen LogP contribution in [0, 0.1) is 20.8 Å². The molecule has 6 heteroatoms. The second-order valence-electron chi connectivity index (χ2n) is 7.30. The van der Waals surface area contributed by atoms with Gasteiger partial charge in [0.2, 0.25) is 18.3 Å². The molecule has 0 fully saturated rings. The van der Waals surface area contributed by atoms with Crippen LogP contribution in [0.15, 0.2) is 23.4 Å². The predicted molar refractivity (Wildman–Crippen MR) is 106 cm³/mol. The van der Waals surface area contributed by atoms with Crippen LogP contribution in [0.1, 0.15) is 40.7 Å². The highest BCUT2D eigenvalue weighted by atomic mass is 16.7. The van der Waals surface area contributed by atoms with Gasteiger partial charge in [0.25, 0.3) is 0 Å². The third-order valence-corrected chi connectivity index (χ3v) is 5.36. The first-order valence-electron chi connectivity index (χ1n) is 9.32. The predicted octanol–water partition coefficient (Wildman–Crippen LogP) is 4.26. The quantitative estimate of drug-likeness (QED) is 0.789. The van der Waals surface area contributed by atoms with Crippen molar-refractivity contribution >= 4 is 5.71 Å². The van der Waals surface area contributed by atoms with Crippen molar-refractivity contribution in [2.45, 2.75) is 39.7 Å². The molecule has 0 spiro atoms. The molecule has 0 bridgehead atoms. The van der Waals surface area contributed by atoms with Gasteiger partial charge in [-0.15, -0.1) is 0 Å². The first-order valence-corrected chi connectivity index (χ1v) is 9.32. The second kappa shape index (κ2) is 6.93. The fourth-order valence-corrected chi connectivity index (χ4v) is 4.31. The number of nitrogens with zero attached hydrogens (tertiary/aromatic N) is 1. The Kier molecular flexibility index (Phi) is 4.57. The van der Waals surface area contributed by atoms with Crippen molar-refractivity contribution in [3.63, 3.8) is 0 Å². The van der Waals surface area contributed by atoms with Crippen LogP contribution in [-0.4, -0.2) is 32.8 Å². The SMILES string of the molecule is COc1c([C@@H]2C(c3c(C)cc(C)cc3C)=NO[C@@H]2C)cc2c(c1OC)OCO2. The summed E-state index contributed by atoms with van der Waals surface area (Å²) in [7, 11) is 3.23. The minimum atomic E-state index is -0.158. The fraction of sp³-hybridized carbons (Fsp3) is 0.409. The van der Waals surface area contributed by atoms with E-state index in [4.69, 9.17) is 23.8 Å². The molecule has 2 heterocycles. The molecular weight excluding hydrogens is 358 g/mol. The Bertz CT molecular complexity index is 943. The number of oxime groups is 1. The van der Waals surface area contributed by atoms with E-state index in [2.05, 4.69) is 38.1 Å². The average molecular weight is 383 g/mol. The highest BCUT2D eigenvalue weighted by Gasteiger charge is 2.39. The molecule has 148 valence electrons. The molecule has 0 saturated carbocycles. The summed E-state index contributed by atoms with van der Waals surface area (Å²) in [6.45, 7) is 8.48. The molecule has 4 rings (SSSR count). The molecule has 0 saturated heterocycles. The Hall–Kier alpha value is -2.89. The van der Waals surface area contributed by atoms with Gasteiger partial charge in [0.05, 0.1) is 25.8 Å². The molecule has 0 radical (unpaired) electrons.